The highest BCUT2D eigenvalue weighted by molar-refractivity contribution is 6.31. The Bertz CT molecular complexity index is 1490. The minimum absolute atomic E-state index is 0.229. The second-order valence-electron chi connectivity index (χ2n) is 8.90. The van der Waals surface area contributed by atoms with Crippen LogP contribution < -0.4 is 10.1 Å². The molecular formula is C30H26ClN3O3. The van der Waals surface area contributed by atoms with Crippen LogP contribution in [0.5, 0.6) is 5.75 Å². The maximum atomic E-state index is 13.0. The summed E-state index contributed by atoms with van der Waals surface area (Å²) in [5.74, 6) is 0.407. The van der Waals surface area contributed by atoms with E-state index >= 15 is 0 Å². The van der Waals surface area contributed by atoms with Crippen molar-refractivity contribution in [3.8, 4) is 11.4 Å². The molecule has 4 aromatic rings. The lowest BCUT2D eigenvalue weighted by atomic mass is 10.2. The molecule has 1 aliphatic rings. The number of carbonyl (C=O) groups excluding carboxylic acids is 2. The average molecular weight is 512 g/mol. The average Bonchev–Trinajstić information content (AvgIpc) is 3.33. The van der Waals surface area contributed by atoms with E-state index in [4.69, 9.17) is 16.3 Å². The van der Waals surface area contributed by atoms with Crippen LogP contribution in [0.2, 0.25) is 5.02 Å². The summed E-state index contributed by atoms with van der Waals surface area (Å²) >= 11 is 6.22. The van der Waals surface area contributed by atoms with Crippen LogP contribution in [0.25, 0.3) is 11.8 Å². The molecule has 0 saturated carbocycles. The molecule has 1 saturated heterocycles. The van der Waals surface area contributed by atoms with Crippen LogP contribution in [0.3, 0.4) is 0 Å². The van der Waals surface area contributed by atoms with Gasteiger partial charge in [0.1, 0.15) is 18.1 Å². The van der Waals surface area contributed by atoms with E-state index in [2.05, 4.69) is 9.88 Å². The van der Waals surface area contributed by atoms with Crippen molar-refractivity contribution in [2.24, 2.45) is 0 Å². The second-order valence-corrected chi connectivity index (χ2v) is 9.31. The standard InChI is InChI=1S/C30H26ClN3O3/c1-20-16-24(17-28-29(35)33(30(36)32-28)18-22-8-4-3-5-9-22)21(2)34(20)25-12-14-26(15-13-25)37-19-23-10-6-7-11-27(23)31/h3-17H,18-19H2,1-2H3,(H,32,36)/b28-17+. The van der Waals surface area contributed by atoms with Gasteiger partial charge >= 0.3 is 6.03 Å². The maximum absolute atomic E-state index is 13.0. The SMILES string of the molecule is Cc1cc(/C=C2/NC(=O)N(Cc3ccccc3)C2=O)c(C)n1-c1ccc(OCc2ccccc2Cl)cc1. The summed E-state index contributed by atoms with van der Waals surface area (Å²) < 4.78 is 8.01. The number of aromatic nitrogens is 1. The van der Waals surface area contributed by atoms with Crippen molar-refractivity contribution in [3.63, 3.8) is 0 Å². The first-order valence-corrected chi connectivity index (χ1v) is 12.3. The summed E-state index contributed by atoms with van der Waals surface area (Å²) in [6.07, 6.45) is 1.74. The predicted octanol–water partition coefficient (Wildman–Crippen LogP) is 6.42. The molecule has 6 nitrogen and oxygen atoms in total. The highest BCUT2D eigenvalue weighted by atomic mass is 35.5. The van der Waals surface area contributed by atoms with Gasteiger partial charge in [0.25, 0.3) is 5.91 Å². The van der Waals surface area contributed by atoms with E-state index in [0.29, 0.717) is 11.6 Å². The van der Waals surface area contributed by atoms with Gasteiger partial charge in [-0.05, 0) is 67.4 Å². The van der Waals surface area contributed by atoms with Gasteiger partial charge in [-0.25, -0.2) is 4.79 Å². The summed E-state index contributed by atoms with van der Waals surface area (Å²) in [6.45, 7) is 4.61. The molecule has 0 aliphatic carbocycles. The summed E-state index contributed by atoms with van der Waals surface area (Å²) in [5, 5.41) is 3.40. The van der Waals surface area contributed by atoms with Gasteiger partial charge in [-0.3, -0.25) is 9.69 Å². The van der Waals surface area contributed by atoms with E-state index in [9.17, 15) is 9.59 Å². The van der Waals surface area contributed by atoms with Crippen molar-refractivity contribution in [1.82, 2.24) is 14.8 Å². The highest BCUT2D eigenvalue weighted by Gasteiger charge is 2.33. The number of hydrogen-bond acceptors (Lipinski definition) is 3. The zero-order valence-electron chi connectivity index (χ0n) is 20.6. The van der Waals surface area contributed by atoms with Gasteiger partial charge < -0.3 is 14.6 Å². The van der Waals surface area contributed by atoms with Crippen LogP contribution in [-0.4, -0.2) is 21.4 Å². The van der Waals surface area contributed by atoms with Gasteiger partial charge in [0.2, 0.25) is 0 Å². The van der Waals surface area contributed by atoms with Gasteiger partial charge in [0.15, 0.2) is 0 Å². The lowest BCUT2D eigenvalue weighted by molar-refractivity contribution is -0.123. The fourth-order valence-electron chi connectivity index (χ4n) is 4.44. The quantitative estimate of drug-likeness (QED) is 0.230. The molecule has 0 radical (unpaired) electrons. The van der Waals surface area contributed by atoms with Crippen molar-refractivity contribution >= 4 is 29.6 Å². The molecule has 186 valence electrons. The van der Waals surface area contributed by atoms with E-state index < -0.39 is 6.03 Å². The number of benzene rings is 3. The van der Waals surface area contributed by atoms with E-state index in [1.54, 1.807) is 6.08 Å². The number of nitrogens with one attached hydrogen (secondary N) is 1. The molecule has 5 rings (SSSR count). The lowest BCUT2D eigenvalue weighted by Gasteiger charge is -2.12. The number of urea groups is 1. The molecule has 0 unspecified atom stereocenters. The highest BCUT2D eigenvalue weighted by Crippen LogP contribution is 2.26. The molecule has 1 aliphatic heterocycles. The number of halogens is 1. The summed E-state index contributed by atoms with van der Waals surface area (Å²) in [7, 11) is 0. The number of amides is 3. The number of hydrogen-bond donors (Lipinski definition) is 1. The number of carbonyl (C=O) groups is 2. The normalized spacial score (nSPS) is 14.4. The Morgan fingerprint density at radius 1 is 0.919 bits per heavy atom. The van der Waals surface area contributed by atoms with Crippen LogP contribution in [0.1, 0.15) is 28.1 Å². The molecule has 3 amide bonds. The van der Waals surface area contributed by atoms with Gasteiger partial charge in [-0.15, -0.1) is 0 Å². The fourth-order valence-corrected chi connectivity index (χ4v) is 4.63. The number of aryl methyl sites for hydroxylation is 1. The van der Waals surface area contributed by atoms with Crippen LogP contribution in [0.4, 0.5) is 4.79 Å². The van der Waals surface area contributed by atoms with Gasteiger partial charge in [0.05, 0.1) is 6.54 Å². The molecule has 37 heavy (non-hydrogen) atoms. The van der Waals surface area contributed by atoms with Crippen LogP contribution >= 0.6 is 11.6 Å². The maximum Gasteiger partial charge on any atom is 0.329 e. The summed E-state index contributed by atoms with van der Waals surface area (Å²) in [5.41, 5.74) is 5.89. The van der Waals surface area contributed by atoms with Crippen molar-refractivity contribution in [3.05, 3.63) is 124 Å². The topological polar surface area (TPSA) is 63.6 Å². The third-order valence-electron chi connectivity index (χ3n) is 6.36. The lowest BCUT2D eigenvalue weighted by Crippen LogP contribution is -2.30. The van der Waals surface area contributed by atoms with Crippen LogP contribution in [0, 0.1) is 13.8 Å². The molecule has 1 aromatic heterocycles. The second kappa shape index (κ2) is 10.4. The zero-order chi connectivity index (χ0) is 25.9. The molecule has 7 heteroatoms. The van der Waals surface area contributed by atoms with E-state index in [0.717, 1.165) is 39.5 Å². The molecule has 0 spiro atoms. The van der Waals surface area contributed by atoms with E-state index in [1.807, 2.05) is 98.8 Å². The first-order valence-electron chi connectivity index (χ1n) is 11.9. The monoisotopic (exact) mass is 511 g/mol. The molecule has 3 aromatic carbocycles. The summed E-state index contributed by atoms with van der Waals surface area (Å²) in [6, 6.07) is 26.5. The Morgan fingerprint density at radius 2 is 1.62 bits per heavy atom. The largest absolute Gasteiger partial charge is 0.489 e. The molecule has 0 atom stereocenters. The summed E-state index contributed by atoms with van der Waals surface area (Å²) in [4.78, 5) is 26.7. The first-order chi connectivity index (χ1) is 17.9. The molecule has 2 heterocycles. The fraction of sp³-hybridized carbons (Fsp3) is 0.133. The Labute approximate surface area is 220 Å². The molecule has 0 bridgehead atoms. The van der Waals surface area contributed by atoms with Crippen LogP contribution in [-0.2, 0) is 17.9 Å². The van der Waals surface area contributed by atoms with Crippen molar-refractivity contribution in [2.75, 3.05) is 0 Å². The van der Waals surface area contributed by atoms with Gasteiger partial charge in [-0.2, -0.15) is 0 Å². The number of nitrogens with zero attached hydrogens (tertiary/aromatic N) is 2. The zero-order valence-corrected chi connectivity index (χ0v) is 21.3. The number of ether oxygens (including phenoxy) is 1. The van der Waals surface area contributed by atoms with E-state index in [1.165, 1.54) is 4.90 Å². The molecule has 1 fully saturated rings. The van der Waals surface area contributed by atoms with Crippen LogP contribution in [0.15, 0.2) is 90.6 Å². The minimum atomic E-state index is -0.415. The molecular weight excluding hydrogens is 486 g/mol. The van der Waals surface area contributed by atoms with Crippen molar-refractivity contribution < 1.29 is 14.3 Å². The Morgan fingerprint density at radius 3 is 2.35 bits per heavy atom. The third kappa shape index (κ3) is 5.15. The first kappa shape index (κ1) is 24.4. The number of rotatable bonds is 7. The minimum Gasteiger partial charge on any atom is -0.489 e. The predicted molar refractivity (Wildman–Crippen MR) is 145 cm³/mol. The third-order valence-corrected chi connectivity index (χ3v) is 6.73. The Balaban J connectivity index is 1.32. The molecule has 1 N–H and O–H groups in total. The van der Waals surface area contributed by atoms with Gasteiger partial charge in [-0.1, -0.05) is 60.1 Å². The van der Waals surface area contributed by atoms with Crippen molar-refractivity contribution in [1.29, 1.82) is 0 Å². The Kier molecular flexibility index (Phi) is 6.84. The Hall–Kier alpha value is -4.29. The van der Waals surface area contributed by atoms with Crippen molar-refractivity contribution in [2.45, 2.75) is 27.0 Å². The smallest absolute Gasteiger partial charge is 0.329 e. The van der Waals surface area contributed by atoms with Gasteiger partial charge in [0, 0.05) is 27.7 Å². The number of imide groups is 1. The van der Waals surface area contributed by atoms with E-state index in [-0.39, 0.29) is 18.1 Å².